The number of nitrogens with two attached hydrogens (primary N) is 1. The molecule has 0 spiro atoms. The zero-order valence-electron chi connectivity index (χ0n) is 11.3. The molecule has 1 rings (SSSR count). The number of aliphatic carboxylic acids is 1. The van der Waals surface area contributed by atoms with E-state index in [0.717, 1.165) is 19.3 Å². The predicted octanol–water partition coefficient (Wildman–Crippen LogP) is 1.36. The molecule has 1 amide bonds. The van der Waals surface area contributed by atoms with Crippen molar-refractivity contribution in [1.82, 2.24) is 4.90 Å². The van der Waals surface area contributed by atoms with Crippen LogP contribution in [0.4, 0.5) is 0 Å². The molecule has 5 heteroatoms. The molecule has 1 aliphatic carbocycles. The van der Waals surface area contributed by atoms with Crippen LogP contribution in [0.2, 0.25) is 0 Å². The van der Waals surface area contributed by atoms with Gasteiger partial charge in [-0.05, 0) is 26.7 Å². The summed E-state index contributed by atoms with van der Waals surface area (Å²) in [5.74, 6) is -0.971. The summed E-state index contributed by atoms with van der Waals surface area (Å²) < 4.78 is 0. The first kappa shape index (κ1) is 15.0. The lowest BCUT2D eigenvalue weighted by Gasteiger charge is -2.38. The van der Waals surface area contributed by atoms with Gasteiger partial charge in [-0.1, -0.05) is 19.3 Å². The van der Waals surface area contributed by atoms with Crippen LogP contribution in [0.15, 0.2) is 0 Å². The van der Waals surface area contributed by atoms with E-state index in [9.17, 15) is 9.59 Å². The minimum Gasteiger partial charge on any atom is -0.481 e. The first-order chi connectivity index (χ1) is 8.37. The number of hydrogen-bond acceptors (Lipinski definition) is 3. The second-order valence-corrected chi connectivity index (χ2v) is 5.45. The molecule has 3 N–H and O–H groups in total. The van der Waals surface area contributed by atoms with Gasteiger partial charge in [0.05, 0.1) is 12.0 Å². The van der Waals surface area contributed by atoms with E-state index < -0.39 is 11.5 Å². The van der Waals surface area contributed by atoms with E-state index >= 15 is 0 Å². The molecule has 0 aromatic rings. The van der Waals surface area contributed by atoms with Crippen LogP contribution in [0.5, 0.6) is 0 Å². The number of nitrogens with zero attached hydrogens (tertiary/aromatic N) is 1. The smallest absolute Gasteiger partial charge is 0.305 e. The van der Waals surface area contributed by atoms with E-state index in [1.165, 1.54) is 0 Å². The van der Waals surface area contributed by atoms with Crippen molar-refractivity contribution in [3.63, 3.8) is 0 Å². The summed E-state index contributed by atoms with van der Waals surface area (Å²) in [6, 6.07) is -0.0146. The maximum Gasteiger partial charge on any atom is 0.305 e. The number of carbonyl (C=O) groups is 2. The van der Waals surface area contributed by atoms with Gasteiger partial charge in [-0.25, -0.2) is 0 Å². The standard InChI is InChI=1S/C13H24N2O3/c1-10(2)15(9-6-11(16)17)12(18)13(14)7-4-3-5-8-13/h10H,3-9,14H2,1-2H3,(H,16,17). The molecule has 104 valence electrons. The SMILES string of the molecule is CC(C)N(CCC(=O)O)C(=O)C1(N)CCCCC1. The Labute approximate surface area is 108 Å². The van der Waals surface area contributed by atoms with Crippen molar-refractivity contribution in [2.24, 2.45) is 5.73 Å². The van der Waals surface area contributed by atoms with Crippen LogP contribution in [0.1, 0.15) is 52.4 Å². The topological polar surface area (TPSA) is 83.6 Å². The van der Waals surface area contributed by atoms with E-state index in [-0.39, 0.29) is 24.9 Å². The van der Waals surface area contributed by atoms with Gasteiger partial charge in [-0.15, -0.1) is 0 Å². The molecule has 1 fully saturated rings. The molecule has 1 aliphatic rings. The van der Waals surface area contributed by atoms with Crippen LogP contribution in [0, 0.1) is 0 Å². The van der Waals surface area contributed by atoms with Gasteiger partial charge in [-0.3, -0.25) is 9.59 Å². The highest BCUT2D eigenvalue weighted by atomic mass is 16.4. The summed E-state index contributed by atoms with van der Waals surface area (Å²) in [5.41, 5.74) is 5.43. The Bertz CT molecular complexity index is 309. The largest absolute Gasteiger partial charge is 0.481 e. The van der Waals surface area contributed by atoms with E-state index in [1.807, 2.05) is 13.8 Å². The number of carbonyl (C=O) groups excluding carboxylic acids is 1. The Kier molecular flexibility index (Phi) is 5.14. The zero-order chi connectivity index (χ0) is 13.8. The maximum atomic E-state index is 12.5. The highest BCUT2D eigenvalue weighted by Gasteiger charge is 2.39. The second kappa shape index (κ2) is 6.18. The molecule has 0 bridgehead atoms. The monoisotopic (exact) mass is 256 g/mol. The number of hydrogen-bond donors (Lipinski definition) is 2. The Morgan fingerprint density at radius 3 is 2.28 bits per heavy atom. The molecular weight excluding hydrogens is 232 g/mol. The number of rotatable bonds is 5. The molecular formula is C13H24N2O3. The molecule has 1 saturated carbocycles. The van der Waals surface area contributed by atoms with Crippen LogP contribution >= 0.6 is 0 Å². The van der Waals surface area contributed by atoms with Crippen molar-refractivity contribution in [2.75, 3.05) is 6.54 Å². The van der Waals surface area contributed by atoms with Crippen LogP contribution in [0.25, 0.3) is 0 Å². The normalized spacial score (nSPS) is 18.7. The molecule has 18 heavy (non-hydrogen) atoms. The predicted molar refractivity (Wildman–Crippen MR) is 69.1 cm³/mol. The van der Waals surface area contributed by atoms with Crippen LogP contribution < -0.4 is 5.73 Å². The van der Waals surface area contributed by atoms with Crippen molar-refractivity contribution < 1.29 is 14.7 Å². The summed E-state index contributed by atoms with van der Waals surface area (Å²) in [6.45, 7) is 4.03. The molecule has 0 saturated heterocycles. The summed E-state index contributed by atoms with van der Waals surface area (Å²) in [7, 11) is 0. The minimum atomic E-state index is -0.886. The van der Waals surface area contributed by atoms with Gasteiger partial charge in [0.1, 0.15) is 0 Å². The molecule has 0 aromatic carbocycles. The second-order valence-electron chi connectivity index (χ2n) is 5.45. The van der Waals surface area contributed by atoms with E-state index in [4.69, 9.17) is 10.8 Å². The molecule has 0 aromatic heterocycles. The number of carboxylic acid groups (broad SMARTS) is 1. The Morgan fingerprint density at radius 2 is 1.83 bits per heavy atom. The Balaban J connectivity index is 2.71. The van der Waals surface area contributed by atoms with Crippen LogP contribution in [0.3, 0.4) is 0 Å². The first-order valence-corrected chi connectivity index (χ1v) is 6.68. The molecule has 0 heterocycles. The summed E-state index contributed by atoms with van der Waals surface area (Å²) in [6.07, 6.45) is 4.48. The maximum absolute atomic E-state index is 12.5. The van der Waals surface area contributed by atoms with E-state index in [0.29, 0.717) is 12.8 Å². The van der Waals surface area contributed by atoms with Crippen molar-refractivity contribution in [3.8, 4) is 0 Å². The highest BCUT2D eigenvalue weighted by molar-refractivity contribution is 5.86. The van der Waals surface area contributed by atoms with Gasteiger partial charge >= 0.3 is 5.97 Å². The molecule has 5 nitrogen and oxygen atoms in total. The van der Waals surface area contributed by atoms with Gasteiger partial charge in [0, 0.05) is 12.6 Å². The quantitative estimate of drug-likeness (QED) is 0.778. The fourth-order valence-electron chi connectivity index (χ4n) is 2.49. The van der Waals surface area contributed by atoms with Gasteiger partial charge < -0.3 is 15.7 Å². The fraction of sp³-hybridized carbons (Fsp3) is 0.846. The van der Waals surface area contributed by atoms with Gasteiger partial charge in [-0.2, -0.15) is 0 Å². The summed E-state index contributed by atoms with van der Waals surface area (Å²) in [4.78, 5) is 24.7. The minimum absolute atomic E-state index is 0.0146. The van der Waals surface area contributed by atoms with Crippen molar-refractivity contribution >= 4 is 11.9 Å². The van der Waals surface area contributed by atoms with Crippen molar-refractivity contribution in [2.45, 2.75) is 64.0 Å². The van der Waals surface area contributed by atoms with Crippen molar-refractivity contribution in [1.29, 1.82) is 0 Å². The molecule has 0 aliphatic heterocycles. The first-order valence-electron chi connectivity index (χ1n) is 6.68. The van der Waals surface area contributed by atoms with Crippen LogP contribution in [-0.4, -0.2) is 40.0 Å². The lowest BCUT2D eigenvalue weighted by Crippen LogP contribution is -2.58. The fourth-order valence-corrected chi connectivity index (χ4v) is 2.49. The average molecular weight is 256 g/mol. The molecule has 0 unspecified atom stereocenters. The lowest BCUT2D eigenvalue weighted by atomic mass is 9.81. The zero-order valence-corrected chi connectivity index (χ0v) is 11.3. The third-order valence-corrected chi connectivity index (χ3v) is 3.62. The Hall–Kier alpha value is -1.10. The lowest BCUT2D eigenvalue weighted by molar-refractivity contribution is -0.142. The summed E-state index contributed by atoms with van der Waals surface area (Å²) >= 11 is 0. The average Bonchev–Trinajstić information content (AvgIpc) is 2.29. The summed E-state index contributed by atoms with van der Waals surface area (Å²) in [5, 5.41) is 8.73. The number of carboxylic acids is 1. The van der Waals surface area contributed by atoms with Crippen LogP contribution in [-0.2, 0) is 9.59 Å². The van der Waals surface area contributed by atoms with E-state index in [1.54, 1.807) is 4.90 Å². The highest BCUT2D eigenvalue weighted by Crippen LogP contribution is 2.28. The third-order valence-electron chi connectivity index (χ3n) is 3.62. The molecule has 0 radical (unpaired) electrons. The van der Waals surface area contributed by atoms with Crippen molar-refractivity contribution in [3.05, 3.63) is 0 Å². The van der Waals surface area contributed by atoms with Gasteiger partial charge in [0.2, 0.25) is 5.91 Å². The third kappa shape index (κ3) is 3.70. The molecule has 0 atom stereocenters. The van der Waals surface area contributed by atoms with Gasteiger partial charge in [0.15, 0.2) is 0 Å². The van der Waals surface area contributed by atoms with E-state index in [2.05, 4.69) is 0 Å². The Morgan fingerprint density at radius 1 is 1.28 bits per heavy atom. The number of amides is 1. The van der Waals surface area contributed by atoms with Gasteiger partial charge in [0.25, 0.3) is 0 Å².